The van der Waals surface area contributed by atoms with Crippen molar-refractivity contribution in [2.75, 3.05) is 26.8 Å². The Kier molecular flexibility index (Phi) is 5.65. The van der Waals surface area contributed by atoms with E-state index in [0.717, 1.165) is 10.0 Å². The first-order chi connectivity index (χ1) is 8.10. The number of aryl methyl sites for hydroxylation is 1. The summed E-state index contributed by atoms with van der Waals surface area (Å²) in [4.78, 5) is 14.0. The Labute approximate surface area is 111 Å². The van der Waals surface area contributed by atoms with E-state index in [9.17, 15) is 4.79 Å². The van der Waals surface area contributed by atoms with E-state index in [4.69, 9.17) is 4.74 Å². The standard InChI is InChI=1S/C13H18BrNO2/c1-4-15(7-8-17-3)13(16)11-6-5-10(2)12(14)9-11/h5-6,9H,4,7-8H2,1-3H3. The van der Waals surface area contributed by atoms with E-state index in [2.05, 4.69) is 15.9 Å². The number of rotatable bonds is 5. The van der Waals surface area contributed by atoms with Gasteiger partial charge in [0.15, 0.2) is 0 Å². The Balaban J connectivity index is 2.82. The Morgan fingerprint density at radius 3 is 2.71 bits per heavy atom. The third kappa shape index (κ3) is 3.82. The second-order valence-electron chi connectivity index (χ2n) is 3.84. The number of ether oxygens (including phenoxy) is 1. The maximum absolute atomic E-state index is 12.2. The number of benzene rings is 1. The van der Waals surface area contributed by atoms with Gasteiger partial charge in [-0.05, 0) is 31.5 Å². The van der Waals surface area contributed by atoms with Crippen molar-refractivity contribution in [3.8, 4) is 0 Å². The average Bonchev–Trinajstić information content (AvgIpc) is 2.33. The molecule has 4 heteroatoms. The van der Waals surface area contributed by atoms with Gasteiger partial charge in [-0.15, -0.1) is 0 Å². The summed E-state index contributed by atoms with van der Waals surface area (Å²) in [6.45, 7) is 5.84. The van der Waals surface area contributed by atoms with Crippen LogP contribution in [0.3, 0.4) is 0 Å². The number of carbonyl (C=O) groups is 1. The van der Waals surface area contributed by atoms with Crippen LogP contribution in [0.5, 0.6) is 0 Å². The van der Waals surface area contributed by atoms with Gasteiger partial charge in [-0.1, -0.05) is 22.0 Å². The van der Waals surface area contributed by atoms with Crippen LogP contribution in [0.2, 0.25) is 0 Å². The van der Waals surface area contributed by atoms with Crippen molar-refractivity contribution >= 4 is 21.8 Å². The fourth-order valence-corrected chi connectivity index (χ4v) is 1.89. The molecule has 0 aromatic heterocycles. The average molecular weight is 300 g/mol. The number of hydrogen-bond acceptors (Lipinski definition) is 2. The van der Waals surface area contributed by atoms with E-state index in [-0.39, 0.29) is 5.91 Å². The summed E-state index contributed by atoms with van der Waals surface area (Å²) in [6, 6.07) is 5.67. The maximum Gasteiger partial charge on any atom is 0.253 e. The van der Waals surface area contributed by atoms with Crippen LogP contribution in [0, 0.1) is 6.92 Å². The minimum Gasteiger partial charge on any atom is -0.383 e. The zero-order valence-corrected chi connectivity index (χ0v) is 12.1. The van der Waals surface area contributed by atoms with Crippen molar-refractivity contribution in [3.63, 3.8) is 0 Å². The fraction of sp³-hybridized carbons (Fsp3) is 0.462. The van der Waals surface area contributed by atoms with Crippen molar-refractivity contribution in [1.29, 1.82) is 0 Å². The zero-order valence-electron chi connectivity index (χ0n) is 10.5. The molecule has 0 aliphatic rings. The molecule has 0 aliphatic heterocycles. The summed E-state index contributed by atoms with van der Waals surface area (Å²) in [5.41, 5.74) is 1.84. The Morgan fingerprint density at radius 1 is 1.47 bits per heavy atom. The predicted molar refractivity (Wildman–Crippen MR) is 72.3 cm³/mol. The number of amides is 1. The lowest BCUT2D eigenvalue weighted by molar-refractivity contribution is 0.0706. The molecule has 0 aliphatic carbocycles. The van der Waals surface area contributed by atoms with Gasteiger partial charge in [-0.3, -0.25) is 4.79 Å². The first-order valence-electron chi connectivity index (χ1n) is 5.64. The lowest BCUT2D eigenvalue weighted by atomic mass is 10.1. The molecular weight excluding hydrogens is 282 g/mol. The van der Waals surface area contributed by atoms with E-state index in [0.29, 0.717) is 25.3 Å². The van der Waals surface area contributed by atoms with Gasteiger partial charge in [-0.2, -0.15) is 0 Å². The van der Waals surface area contributed by atoms with Gasteiger partial charge in [-0.25, -0.2) is 0 Å². The molecule has 1 rings (SSSR count). The molecule has 1 aromatic rings. The molecule has 0 atom stereocenters. The van der Waals surface area contributed by atoms with Gasteiger partial charge in [0.05, 0.1) is 6.61 Å². The maximum atomic E-state index is 12.2. The first kappa shape index (κ1) is 14.2. The number of hydrogen-bond donors (Lipinski definition) is 0. The van der Waals surface area contributed by atoms with Gasteiger partial charge >= 0.3 is 0 Å². The van der Waals surface area contributed by atoms with Gasteiger partial charge in [0.1, 0.15) is 0 Å². The Morgan fingerprint density at radius 2 is 2.18 bits per heavy atom. The Bertz CT molecular complexity index is 393. The largest absolute Gasteiger partial charge is 0.383 e. The molecule has 1 aromatic carbocycles. The summed E-state index contributed by atoms with van der Waals surface area (Å²) >= 11 is 3.44. The van der Waals surface area contributed by atoms with Gasteiger partial charge in [0, 0.05) is 30.2 Å². The quantitative estimate of drug-likeness (QED) is 0.837. The highest BCUT2D eigenvalue weighted by Crippen LogP contribution is 2.18. The lowest BCUT2D eigenvalue weighted by Crippen LogP contribution is -2.33. The molecule has 0 spiro atoms. The third-order valence-electron chi connectivity index (χ3n) is 2.65. The lowest BCUT2D eigenvalue weighted by Gasteiger charge is -2.20. The molecule has 17 heavy (non-hydrogen) atoms. The zero-order chi connectivity index (χ0) is 12.8. The van der Waals surface area contributed by atoms with Crippen molar-refractivity contribution in [3.05, 3.63) is 33.8 Å². The fourth-order valence-electron chi connectivity index (χ4n) is 1.51. The SMILES string of the molecule is CCN(CCOC)C(=O)c1ccc(C)c(Br)c1. The van der Waals surface area contributed by atoms with Crippen molar-refractivity contribution in [1.82, 2.24) is 4.90 Å². The van der Waals surface area contributed by atoms with Crippen LogP contribution in [-0.2, 0) is 4.74 Å². The van der Waals surface area contributed by atoms with Crippen molar-refractivity contribution in [2.24, 2.45) is 0 Å². The molecule has 3 nitrogen and oxygen atoms in total. The van der Waals surface area contributed by atoms with Gasteiger partial charge in [0.2, 0.25) is 0 Å². The minimum atomic E-state index is 0.0465. The van der Waals surface area contributed by atoms with Gasteiger partial charge < -0.3 is 9.64 Å². The van der Waals surface area contributed by atoms with E-state index in [1.807, 2.05) is 32.0 Å². The molecule has 94 valence electrons. The first-order valence-corrected chi connectivity index (χ1v) is 6.43. The summed E-state index contributed by atoms with van der Waals surface area (Å²) < 4.78 is 5.96. The van der Waals surface area contributed by atoms with E-state index in [1.165, 1.54) is 0 Å². The highest BCUT2D eigenvalue weighted by molar-refractivity contribution is 9.10. The van der Waals surface area contributed by atoms with E-state index >= 15 is 0 Å². The topological polar surface area (TPSA) is 29.5 Å². The number of likely N-dealkylation sites (N-methyl/N-ethyl adjacent to an activating group) is 1. The molecule has 0 radical (unpaired) electrons. The number of nitrogens with zero attached hydrogens (tertiary/aromatic N) is 1. The van der Waals surface area contributed by atoms with Crippen LogP contribution >= 0.6 is 15.9 Å². The highest BCUT2D eigenvalue weighted by Gasteiger charge is 2.14. The summed E-state index contributed by atoms with van der Waals surface area (Å²) in [5, 5.41) is 0. The Hall–Kier alpha value is -0.870. The highest BCUT2D eigenvalue weighted by atomic mass is 79.9. The summed E-state index contributed by atoms with van der Waals surface area (Å²) in [5.74, 6) is 0.0465. The number of carbonyl (C=O) groups excluding carboxylic acids is 1. The smallest absolute Gasteiger partial charge is 0.253 e. The van der Waals surface area contributed by atoms with Crippen LogP contribution in [-0.4, -0.2) is 37.6 Å². The predicted octanol–water partition coefficient (Wildman–Crippen LogP) is 2.87. The number of methoxy groups -OCH3 is 1. The van der Waals surface area contributed by atoms with Crippen LogP contribution < -0.4 is 0 Å². The van der Waals surface area contributed by atoms with Crippen LogP contribution in [0.4, 0.5) is 0 Å². The second kappa shape index (κ2) is 6.77. The molecule has 1 amide bonds. The molecule has 0 N–H and O–H groups in total. The minimum absolute atomic E-state index is 0.0465. The summed E-state index contributed by atoms with van der Waals surface area (Å²) in [6.07, 6.45) is 0. The van der Waals surface area contributed by atoms with Gasteiger partial charge in [0.25, 0.3) is 5.91 Å². The van der Waals surface area contributed by atoms with Crippen LogP contribution in [0.15, 0.2) is 22.7 Å². The molecular formula is C13H18BrNO2. The van der Waals surface area contributed by atoms with E-state index in [1.54, 1.807) is 12.0 Å². The van der Waals surface area contributed by atoms with Crippen LogP contribution in [0.1, 0.15) is 22.8 Å². The molecule has 0 saturated heterocycles. The molecule has 0 saturated carbocycles. The van der Waals surface area contributed by atoms with Crippen molar-refractivity contribution < 1.29 is 9.53 Å². The normalized spacial score (nSPS) is 10.4. The molecule has 0 unspecified atom stereocenters. The van der Waals surface area contributed by atoms with E-state index < -0.39 is 0 Å². The van der Waals surface area contributed by atoms with Crippen molar-refractivity contribution in [2.45, 2.75) is 13.8 Å². The molecule has 0 fully saturated rings. The second-order valence-corrected chi connectivity index (χ2v) is 4.70. The monoisotopic (exact) mass is 299 g/mol. The summed E-state index contributed by atoms with van der Waals surface area (Å²) in [7, 11) is 1.64. The molecule has 0 bridgehead atoms. The third-order valence-corrected chi connectivity index (χ3v) is 3.51. The number of halogens is 1. The molecule has 0 heterocycles. The van der Waals surface area contributed by atoms with Crippen LogP contribution in [0.25, 0.3) is 0 Å².